The number of likely N-dealkylation sites (tertiary alicyclic amines) is 2. The smallest absolute Gasteiger partial charge is 0.407 e. The van der Waals surface area contributed by atoms with Crippen LogP contribution in [0.5, 0.6) is 0 Å². The maximum absolute atomic E-state index is 11.1. The third kappa shape index (κ3) is 3.50. The molecule has 3 aliphatic rings. The van der Waals surface area contributed by atoms with Gasteiger partial charge in [0.05, 0.1) is 13.2 Å². The number of rotatable bonds is 3. The molecule has 7 heteroatoms. The first kappa shape index (κ1) is 17.9. The molecule has 1 aromatic carbocycles. The lowest BCUT2D eigenvalue weighted by Gasteiger charge is -2.35. The van der Waals surface area contributed by atoms with Crippen LogP contribution in [-0.4, -0.2) is 73.0 Å². The maximum Gasteiger partial charge on any atom is 0.407 e. The number of carboxylic acid groups (broad SMARTS) is 1. The van der Waals surface area contributed by atoms with Crippen molar-refractivity contribution >= 4 is 23.4 Å². The summed E-state index contributed by atoms with van der Waals surface area (Å²) in [7, 11) is 0. The highest BCUT2D eigenvalue weighted by Gasteiger charge is 2.41. The summed E-state index contributed by atoms with van der Waals surface area (Å²) in [6, 6.07) is 6.73. The highest BCUT2D eigenvalue weighted by Crippen LogP contribution is 2.33. The first-order valence-corrected chi connectivity index (χ1v) is 9.72. The molecule has 0 spiro atoms. The predicted molar refractivity (Wildman–Crippen MR) is 101 cm³/mol. The van der Waals surface area contributed by atoms with Crippen molar-refractivity contribution in [3.63, 3.8) is 0 Å². The minimum absolute atomic E-state index is 0.362. The molecule has 0 aliphatic carbocycles. The zero-order chi connectivity index (χ0) is 18.3. The van der Waals surface area contributed by atoms with E-state index in [9.17, 15) is 4.79 Å². The number of anilines is 1. The molecule has 142 valence electrons. The zero-order valence-corrected chi connectivity index (χ0v) is 15.9. The number of hydrogen-bond acceptors (Lipinski definition) is 4. The van der Waals surface area contributed by atoms with Crippen LogP contribution in [0.25, 0.3) is 0 Å². The molecule has 6 nitrogen and oxygen atoms in total. The number of hydrogen-bond donors (Lipinski definition) is 1. The standard InChI is InChI=1S/C19H26ClN3O3/c1-13-12-26-5-4-23(13)17-3-2-14(18(20)6-17)7-21-8-15-10-22(19(24)25)11-16(15)9-21/h2-3,6,13,15-16H,4-5,7-12H2,1H3,(H,24,25). The lowest BCUT2D eigenvalue weighted by atomic mass is 10.0. The first-order chi connectivity index (χ1) is 12.5. The van der Waals surface area contributed by atoms with Gasteiger partial charge in [-0.25, -0.2) is 4.79 Å². The largest absolute Gasteiger partial charge is 0.465 e. The van der Waals surface area contributed by atoms with E-state index in [1.165, 1.54) is 0 Å². The van der Waals surface area contributed by atoms with Gasteiger partial charge in [-0.15, -0.1) is 0 Å². The van der Waals surface area contributed by atoms with Crippen LogP contribution in [0, 0.1) is 11.8 Å². The number of fused-ring (bicyclic) bond motifs is 1. The van der Waals surface area contributed by atoms with Crippen LogP contribution in [0.4, 0.5) is 10.5 Å². The van der Waals surface area contributed by atoms with Crippen LogP contribution in [0.1, 0.15) is 12.5 Å². The quantitative estimate of drug-likeness (QED) is 0.874. The summed E-state index contributed by atoms with van der Waals surface area (Å²) in [5, 5.41) is 9.95. The van der Waals surface area contributed by atoms with Crippen molar-refractivity contribution in [3.8, 4) is 0 Å². The summed E-state index contributed by atoms with van der Waals surface area (Å²) >= 11 is 6.59. The van der Waals surface area contributed by atoms with Gasteiger partial charge in [-0.3, -0.25) is 4.90 Å². The van der Waals surface area contributed by atoms with Crippen molar-refractivity contribution in [1.82, 2.24) is 9.80 Å². The van der Waals surface area contributed by atoms with E-state index in [0.717, 1.165) is 55.7 Å². The van der Waals surface area contributed by atoms with Crippen molar-refractivity contribution in [3.05, 3.63) is 28.8 Å². The average molecular weight is 380 g/mol. The van der Waals surface area contributed by atoms with Crippen LogP contribution >= 0.6 is 11.6 Å². The summed E-state index contributed by atoms with van der Waals surface area (Å²) in [4.78, 5) is 17.4. The number of carbonyl (C=O) groups is 1. The van der Waals surface area contributed by atoms with Crippen LogP contribution in [-0.2, 0) is 11.3 Å². The normalized spacial score (nSPS) is 29.2. The van der Waals surface area contributed by atoms with Gasteiger partial charge >= 0.3 is 6.09 Å². The molecule has 3 fully saturated rings. The van der Waals surface area contributed by atoms with Gasteiger partial charge in [0.2, 0.25) is 0 Å². The zero-order valence-electron chi connectivity index (χ0n) is 15.1. The minimum Gasteiger partial charge on any atom is -0.465 e. The van der Waals surface area contributed by atoms with Gasteiger partial charge in [-0.2, -0.15) is 0 Å². The van der Waals surface area contributed by atoms with E-state index in [1.54, 1.807) is 4.90 Å². The molecule has 3 aliphatic heterocycles. The fourth-order valence-corrected chi connectivity index (χ4v) is 4.80. The molecule has 1 amide bonds. The molecule has 26 heavy (non-hydrogen) atoms. The van der Waals surface area contributed by atoms with Gasteiger partial charge in [-0.1, -0.05) is 17.7 Å². The highest BCUT2D eigenvalue weighted by atomic mass is 35.5. The van der Waals surface area contributed by atoms with E-state index in [-0.39, 0.29) is 0 Å². The van der Waals surface area contributed by atoms with Crippen molar-refractivity contribution in [1.29, 1.82) is 0 Å². The molecule has 3 unspecified atom stereocenters. The number of morpholine rings is 1. The second kappa shape index (κ2) is 7.25. The third-order valence-corrected chi connectivity index (χ3v) is 6.31. The van der Waals surface area contributed by atoms with Crippen molar-refractivity contribution in [2.45, 2.75) is 19.5 Å². The molecule has 3 saturated heterocycles. The van der Waals surface area contributed by atoms with Crippen molar-refractivity contribution in [2.24, 2.45) is 11.8 Å². The number of halogens is 1. The highest BCUT2D eigenvalue weighted by molar-refractivity contribution is 6.31. The Morgan fingerprint density at radius 2 is 2.00 bits per heavy atom. The number of benzene rings is 1. The Kier molecular flexibility index (Phi) is 4.99. The van der Waals surface area contributed by atoms with Crippen LogP contribution in [0.3, 0.4) is 0 Å². The Morgan fingerprint density at radius 1 is 1.27 bits per heavy atom. The summed E-state index contributed by atoms with van der Waals surface area (Å²) in [6.45, 7) is 8.64. The van der Waals surface area contributed by atoms with Gasteiger partial charge in [0.1, 0.15) is 0 Å². The molecule has 0 bridgehead atoms. The van der Waals surface area contributed by atoms with E-state index in [1.807, 2.05) is 0 Å². The summed E-state index contributed by atoms with van der Waals surface area (Å²) in [5.74, 6) is 0.914. The molecule has 0 aromatic heterocycles. The molecule has 3 atom stereocenters. The fraction of sp³-hybridized carbons (Fsp3) is 0.632. The Balaban J connectivity index is 1.38. The molecule has 0 saturated carbocycles. The van der Waals surface area contributed by atoms with Crippen LogP contribution < -0.4 is 4.90 Å². The molecular weight excluding hydrogens is 354 g/mol. The second-order valence-corrected chi connectivity index (χ2v) is 8.20. The monoisotopic (exact) mass is 379 g/mol. The molecule has 1 N–H and O–H groups in total. The Labute approximate surface area is 159 Å². The molecule has 3 heterocycles. The molecule has 0 radical (unpaired) electrons. The number of ether oxygens (including phenoxy) is 1. The lowest BCUT2D eigenvalue weighted by Crippen LogP contribution is -2.43. The van der Waals surface area contributed by atoms with Crippen molar-refractivity contribution < 1.29 is 14.6 Å². The van der Waals surface area contributed by atoms with E-state index in [0.29, 0.717) is 31.0 Å². The first-order valence-electron chi connectivity index (χ1n) is 9.34. The van der Waals surface area contributed by atoms with Gasteiger partial charge in [0.15, 0.2) is 0 Å². The van der Waals surface area contributed by atoms with Gasteiger partial charge < -0.3 is 19.6 Å². The van der Waals surface area contributed by atoms with E-state index >= 15 is 0 Å². The van der Waals surface area contributed by atoms with Crippen LogP contribution in [0.2, 0.25) is 5.02 Å². The van der Waals surface area contributed by atoms with Gasteiger partial charge in [0.25, 0.3) is 0 Å². The van der Waals surface area contributed by atoms with Crippen LogP contribution in [0.15, 0.2) is 18.2 Å². The molecule has 4 rings (SSSR count). The molecule has 1 aromatic rings. The van der Waals surface area contributed by atoms with E-state index in [4.69, 9.17) is 21.4 Å². The van der Waals surface area contributed by atoms with E-state index in [2.05, 4.69) is 34.9 Å². The van der Waals surface area contributed by atoms with Crippen molar-refractivity contribution in [2.75, 3.05) is 50.8 Å². The third-order valence-electron chi connectivity index (χ3n) is 5.96. The fourth-order valence-electron chi connectivity index (χ4n) is 4.57. The lowest BCUT2D eigenvalue weighted by molar-refractivity contribution is 0.0989. The predicted octanol–water partition coefficient (Wildman–Crippen LogP) is 2.61. The minimum atomic E-state index is -0.790. The Hall–Kier alpha value is -1.50. The summed E-state index contributed by atoms with van der Waals surface area (Å²) < 4.78 is 5.51. The SMILES string of the molecule is CC1COCCN1c1ccc(CN2CC3CN(C(=O)O)CC3C2)c(Cl)c1. The topological polar surface area (TPSA) is 56.2 Å². The number of nitrogens with zero attached hydrogens (tertiary/aromatic N) is 3. The number of amides is 1. The average Bonchev–Trinajstić information content (AvgIpc) is 3.16. The second-order valence-electron chi connectivity index (χ2n) is 7.79. The van der Waals surface area contributed by atoms with Gasteiger partial charge in [-0.05, 0) is 36.5 Å². The molecular formula is C19H26ClN3O3. The Morgan fingerprint density at radius 3 is 2.62 bits per heavy atom. The van der Waals surface area contributed by atoms with E-state index < -0.39 is 6.09 Å². The maximum atomic E-state index is 11.1. The summed E-state index contributed by atoms with van der Waals surface area (Å²) in [6.07, 6.45) is -0.790. The summed E-state index contributed by atoms with van der Waals surface area (Å²) in [5.41, 5.74) is 2.30. The van der Waals surface area contributed by atoms with Gasteiger partial charge in [0, 0.05) is 56.0 Å². The Bertz CT molecular complexity index is 672.